The summed E-state index contributed by atoms with van der Waals surface area (Å²) in [5.74, 6) is -0.0257. The standard InChI is InChI=1S/C14H13N5O/c1-2-19-17-14(16-18-19)15-13(20)12-9-5-7-10-6-3-4-8-11(10)12/h3-9H,2H2,1H3,(H,15,17,20). The molecule has 0 aliphatic rings. The van der Waals surface area contributed by atoms with Crippen molar-refractivity contribution < 1.29 is 4.79 Å². The van der Waals surface area contributed by atoms with E-state index in [4.69, 9.17) is 0 Å². The third-order valence-corrected chi connectivity index (χ3v) is 3.00. The number of anilines is 1. The Labute approximate surface area is 115 Å². The summed E-state index contributed by atoms with van der Waals surface area (Å²) < 4.78 is 0. The minimum atomic E-state index is -0.238. The lowest BCUT2D eigenvalue weighted by Crippen LogP contribution is -2.13. The van der Waals surface area contributed by atoms with Crippen molar-refractivity contribution in [3.8, 4) is 0 Å². The molecule has 0 fully saturated rings. The molecule has 3 rings (SSSR count). The number of hydrogen-bond acceptors (Lipinski definition) is 4. The fourth-order valence-electron chi connectivity index (χ4n) is 2.02. The highest BCUT2D eigenvalue weighted by Crippen LogP contribution is 2.19. The van der Waals surface area contributed by atoms with Gasteiger partial charge in [0.1, 0.15) is 0 Å². The van der Waals surface area contributed by atoms with Gasteiger partial charge in [-0.15, -0.1) is 5.10 Å². The Morgan fingerprint density at radius 2 is 2.00 bits per heavy atom. The molecule has 0 saturated heterocycles. The third kappa shape index (κ3) is 2.23. The summed E-state index contributed by atoms with van der Waals surface area (Å²) in [6.07, 6.45) is 0. The first-order valence-corrected chi connectivity index (χ1v) is 6.35. The Kier molecular flexibility index (Phi) is 3.12. The van der Waals surface area contributed by atoms with E-state index < -0.39 is 0 Å². The van der Waals surface area contributed by atoms with Crippen LogP contribution in [0.25, 0.3) is 10.8 Å². The van der Waals surface area contributed by atoms with Gasteiger partial charge in [-0.2, -0.15) is 4.80 Å². The lowest BCUT2D eigenvalue weighted by atomic mass is 10.0. The van der Waals surface area contributed by atoms with Gasteiger partial charge in [0, 0.05) is 5.56 Å². The van der Waals surface area contributed by atoms with Crippen LogP contribution in [0.4, 0.5) is 5.95 Å². The van der Waals surface area contributed by atoms with Crippen LogP contribution >= 0.6 is 0 Å². The summed E-state index contributed by atoms with van der Waals surface area (Å²) in [6, 6.07) is 13.3. The monoisotopic (exact) mass is 267 g/mol. The highest BCUT2D eigenvalue weighted by molar-refractivity contribution is 6.12. The molecule has 0 aliphatic heterocycles. The summed E-state index contributed by atoms with van der Waals surface area (Å²) in [6.45, 7) is 2.51. The number of aromatic nitrogens is 4. The maximum Gasteiger partial charge on any atom is 0.270 e. The summed E-state index contributed by atoms with van der Waals surface area (Å²) in [5.41, 5.74) is 0.593. The lowest BCUT2D eigenvalue weighted by molar-refractivity contribution is 0.102. The number of nitrogens with zero attached hydrogens (tertiary/aromatic N) is 4. The molecule has 0 aliphatic carbocycles. The van der Waals surface area contributed by atoms with Gasteiger partial charge in [-0.05, 0) is 29.0 Å². The fourth-order valence-corrected chi connectivity index (χ4v) is 2.02. The van der Waals surface area contributed by atoms with Crippen LogP contribution in [-0.2, 0) is 6.54 Å². The van der Waals surface area contributed by atoms with Crippen molar-refractivity contribution in [2.24, 2.45) is 0 Å². The summed E-state index contributed by atoms with van der Waals surface area (Å²) in [4.78, 5) is 13.7. The number of benzene rings is 2. The van der Waals surface area contributed by atoms with E-state index in [1.54, 1.807) is 6.07 Å². The predicted octanol–water partition coefficient (Wildman–Crippen LogP) is 2.10. The molecular weight excluding hydrogens is 254 g/mol. The van der Waals surface area contributed by atoms with Crippen molar-refractivity contribution in [1.82, 2.24) is 20.2 Å². The predicted molar refractivity (Wildman–Crippen MR) is 75.4 cm³/mol. The first kappa shape index (κ1) is 12.3. The molecule has 0 atom stereocenters. The molecule has 3 aromatic rings. The van der Waals surface area contributed by atoms with Gasteiger partial charge in [-0.25, -0.2) is 0 Å². The van der Waals surface area contributed by atoms with Gasteiger partial charge in [0.2, 0.25) is 0 Å². The second-order valence-electron chi connectivity index (χ2n) is 4.28. The Hall–Kier alpha value is -2.76. The van der Waals surface area contributed by atoms with Crippen molar-refractivity contribution in [2.75, 3.05) is 5.32 Å². The minimum absolute atomic E-state index is 0.213. The van der Waals surface area contributed by atoms with Crippen molar-refractivity contribution in [3.63, 3.8) is 0 Å². The van der Waals surface area contributed by atoms with Crippen LogP contribution in [-0.4, -0.2) is 26.1 Å². The molecule has 1 amide bonds. The van der Waals surface area contributed by atoms with Gasteiger partial charge in [0.15, 0.2) is 0 Å². The highest BCUT2D eigenvalue weighted by Gasteiger charge is 2.12. The summed E-state index contributed by atoms with van der Waals surface area (Å²) >= 11 is 0. The molecule has 20 heavy (non-hydrogen) atoms. The molecule has 1 heterocycles. The number of tetrazole rings is 1. The molecule has 0 saturated carbocycles. The number of hydrogen-bond donors (Lipinski definition) is 1. The van der Waals surface area contributed by atoms with E-state index in [1.807, 2.05) is 43.3 Å². The summed E-state index contributed by atoms with van der Waals surface area (Å²) in [7, 11) is 0. The number of aryl methyl sites for hydroxylation is 1. The number of rotatable bonds is 3. The van der Waals surface area contributed by atoms with E-state index in [0.717, 1.165) is 10.8 Å². The van der Waals surface area contributed by atoms with Gasteiger partial charge < -0.3 is 0 Å². The van der Waals surface area contributed by atoms with Gasteiger partial charge in [-0.1, -0.05) is 41.5 Å². The van der Waals surface area contributed by atoms with Crippen molar-refractivity contribution >= 4 is 22.6 Å². The van der Waals surface area contributed by atoms with Crippen LogP contribution < -0.4 is 5.32 Å². The molecule has 0 spiro atoms. The fraction of sp³-hybridized carbons (Fsp3) is 0.143. The van der Waals surface area contributed by atoms with Crippen LogP contribution in [0.1, 0.15) is 17.3 Å². The van der Waals surface area contributed by atoms with Crippen LogP contribution in [0.3, 0.4) is 0 Å². The average Bonchev–Trinajstić information content (AvgIpc) is 2.94. The maximum atomic E-state index is 12.3. The molecule has 2 aromatic carbocycles. The van der Waals surface area contributed by atoms with E-state index in [9.17, 15) is 4.79 Å². The van der Waals surface area contributed by atoms with Gasteiger partial charge in [-0.3, -0.25) is 10.1 Å². The summed E-state index contributed by atoms with van der Waals surface area (Å²) in [5, 5.41) is 16.2. The topological polar surface area (TPSA) is 72.7 Å². The molecule has 1 aromatic heterocycles. The van der Waals surface area contributed by atoms with Gasteiger partial charge >= 0.3 is 0 Å². The zero-order valence-electron chi connectivity index (χ0n) is 10.9. The highest BCUT2D eigenvalue weighted by atomic mass is 16.1. The zero-order chi connectivity index (χ0) is 13.9. The van der Waals surface area contributed by atoms with Crippen LogP contribution in [0.2, 0.25) is 0 Å². The molecular formula is C14H13N5O. The first-order chi connectivity index (χ1) is 9.78. The first-order valence-electron chi connectivity index (χ1n) is 6.35. The van der Waals surface area contributed by atoms with E-state index >= 15 is 0 Å². The number of carbonyl (C=O) groups is 1. The normalized spacial score (nSPS) is 10.7. The molecule has 6 nitrogen and oxygen atoms in total. The largest absolute Gasteiger partial charge is 0.288 e. The maximum absolute atomic E-state index is 12.3. The Balaban J connectivity index is 1.92. The molecule has 1 N–H and O–H groups in total. The Morgan fingerprint density at radius 1 is 1.20 bits per heavy atom. The third-order valence-electron chi connectivity index (χ3n) is 3.00. The van der Waals surface area contributed by atoms with E-state index in [1.165, 1.54) is 4.80 Å². The Bertz CT molecular complexity index is 760. The van der Waals surface area contributed by atoms with Crippen LogP contribution in [0.15, 0.2) is 42.5 Å². The second kappa shape index (κ2) is 5.08. The SMILES string of the molecule is CCn1nnc(NC(=O)c2cccc3ccccc23)n1. The van der Waals surface area contributed by atoms with Gasteiger partial charge in [0.05, 0.1) is 6.54 Å². The quantitative estimate of drug-likeness (QED) is 0.788. The lowest BCUT2D eigenvalue weighted by Gasteiger charge is -2.05. The van der Waals surface area contributed by atoms with E-state index in [-0.39, 0.29) is 11.9 Å². The van der Waals surface area contributed by atoms with Crippen molar-refractivity contribution in [2.45, 2.75) is 13.5 Å². The van der Waals surface area contributed by atoms with Crippen LogP contribution in [0.5, 0.6) is 0 Å². The molecule has 0 bridgehead atoms. The van der Waals surface area contributed by atoms with E-state index in [0.29, 0.717) is 12.1 Å². The van der Waals surface area contributed by atoms with Gasteiger partial charge in [0.25, 0.3) is 11.9 Å². The molecule has 100 valence electrons. The smallest absolute Gasteiger partial charge is 0.270 e. The minimum Gasteiger partial charge on any atom is -0.288 e. The van der Waals surface area contributed by atoms with Crippen LogP contribution in [0, 0.1) is 0 Å². The molecule has 6 heteroatoms. The zero-order valence-corrected chi connectivity index (χ0v) is 10.9. The average molecular weight is 267 g/mol. The number of carbonyl (C=O) groups excluding carboxylic acids is 1. The van der Waals surface area contributed by atoms with E-state index in [2.05, 4.69) is 20.7 Å². The number of nitrogens with one attached hydrogen (secondary N) is 1. The number of amides is 1. The Morgan fingerprint density at radius 3 is 2.80 bits per heavy atom. The molecule has 0 unspecified atom stereocenters. The van der Waals surface area contributed by atoms with Crippen molar-refractivity contribution in [1.29, 1.82) is 0 Å². The van der Waals surface area contributed by atoms with Crippen molar-refractivity contribution in [3.05, 3.63) is 48.0 Å². The number of fused-ring (bicyclic) bond motifs is 1. The second-order valence-corrected chi connectivity index (χ2v) is 4.28. The molecule has 0 radical (unpaired) electrons.